The average molecular weight is 388 g/mol. The first-order chi connectivity index (χ1) is 14.0. The second-order valence-electron chi connectivity index (χ2n) is 6.92. The first-order valence-electron chi connectivity index (χ1n) is 9.43. The average Bonchev–Trinajstić information content (AvgIpc) is 2.94. The Morgan fingerprint density at radius 2 is 1.90 bits per heavy atom. The van der Waals surface area contributed by atoms with Crippen molar-refractivity contribution in [3.05, 3.63) is 76.6 Å². The first kappa shape index (κ1) is 20.2. The molecule has 3 rings (SSSR count). The van der Waals surface area contributed by atoms with E-state index in [1.54, 1.807) is 4.68 Å². The number of rotatable bonds is 7. The van der Waals surface area contributed by atoms with E-state index < -0.39 is 0 Å². The fourth-order valence-electron chi connectivity index (χ4n) is 3.15. The van der Waals surface area contributed by atoms with Crippen LogP contribution in [-0.2, 0) is 31.3 Å². The molecule has 0 radical (unpaired) electrons. The Labute approximate surface area is 170 Å². The highest BCUT2D eigenvalue weighted by Gasteiger charge is 2.14. The molecule has 2 aromatic carbocycles. The molecule has 0 saturated heterocycles. The van der Waals surface area contributed by atoms with E-state index >= 15 is 0 Å². The van der Waals surface area contributed by atoms with Crippen LogP contribution in [0.5, 0.6) is 5.75 Å². The molecule has 1 N–H and O–H groups in total. The van der Waals surface area contributed by atoms with Crippen molar-refractivity contribution in [1.82, 2.24) is 9.78 Å². The molecule has 6 nitrogen and oxygen atoms in total. The van der Waals surface area contributed by atoms with Crippen molar-refractivity contribution in [3.8, 4) is 11.8 Å². The molecule has 0 atom stereocenters. The van der Waals surface area contributed by atoms with Crippen molar-refractivity contribution < 1.29 is 9.53 Å². The van der Waals surface area contributed by atoms with Crippen LogP contribution >= 0.6 is 0 Å². The third kappa shape index (κ3) is 5.02. The Hall–Kier alpha value is -3.59. The topological polar surface area (TPSA) is 79.9 Å². The van der Waals surface area contributed by atoms with Gasteiger partial charge in [-0.15, -0.1) is 0 Å². The lowest BCUT2D eigenvalue weighted by Crippen LogP contribution is -2.17. The van der Waals surface area contributed by atoms with E-state index in [9.17, 15) is 4.79 Å². The molecule has 0 fully saturated rings. The van der Waals surface area contributed by atoms with Gasteiger partial charge in [0.15, 0.2) is 0 Å². The van der Waals surface area contributed by atoms with Crippen LogP contribution in [0.3, 0.4) is 0 Å². The summed E-state index contributed by atoms with van der Waals surface area (Å²) in [5, 5.41) is 16.1. The lowest BCUT2D eigenvalue weighted by atomic mass is 10.1. The maximum Gasteiger partial charge on any atom is 0.228 e. The van der Waals surface area contributed by atoms with Crippen LogP contribution in [0.15, 0.2) is 48.5 Å². The highest BCUT2D eigenvalue weighted by Crippen LogP contribution is 2.20. The summed E-state index contributed by atoms with van der Waals surface area (Å²) in [4.78, 5) is 12.6. The van der Waals surface area contributed by atoms with Crippen LogP contribution in [0.4, 0.5) is 5.69 Å². The number of benzene rings is 2. The molecule has 1 amide bonds. The number of hydrogen-bond acceptors (Lipinski definition) is 4. The lowest BCUT2D eigenvalue weighted by Gasteiger charge is -2.13. The molecule has 0 spiro atoms. The van der Waals surface area contributed by atoms with E-state index in [0.29, 0.717) is 13.0 Å². The van der Waals surface area contributed by atoms with Crippen molar-refractivity contribution in [3.63, 3.8) is 0 Å². The molecule has 3 aromatic rings. The van der Waals surface area contributed by atoms with E-state index in [4.69, 9.17) is 10.00 Å². The van der Waals surface area contributed by atoms with E-state index in [0.717, 1.165) is 39.5 Å². The van der Waals surface area contributed by atoms with Gasteiger partial charge in [-0.2, -0.15) is 10.4 Å². The maximum atomic E-state index is 12.6. The fourth-order valence-corrected chi connectivity index (χ4v) is 3.15. The molecule has 0 saturated carbocycles. The van der Waals surface area contributed by atoms with Crippen LogP contribution in [0, 0.1) is 25.2 Å². The van der Waals surface area contributed by atoms with Crippen LogP contribution in [-0.4, -0.2) is 15.7 Å². The fraction of sp³-hybridized carbons (Fsp3) is 0.261. The summed E-state index contributed by atoms with van der Waals surface area (Å²) in [7, 11) is 1.88. The maximum absolute atomic E-state index is 12.6. The third-order valence-electron chi connectivity index (χ3n) is 4.89. The van der Waals surface area contributed by atoms with Gasteiger partial charge in [0.05, 0.1) is 24.6 Å². The van der Waals surface area contributed by atoms with Gasteiger partial charge in [0.25, 0.3) is 0 Å². The number of anilines is 1. The predicted octanol–water partition coefficient (Wildman–Crippen LogP) is 3.86. The third-order valence-corrected chi connectivity index (χ3v) is 4.89. The SMILES string of the molecule is Cc1nn(C)c(C)c1CC(=O)Nc1ccccc1COc1ccc(CC#N)cc1. The van der Waals surface area contributed by atoms with Gasteiger partial charge in [0.1, 0.15) is 12.4 Å². The number of carbonyl (C=O) groups excluding carboxylic acids is 1. The Morgan fingerprint density at radius 3 is 2.55 bits per heavy atom. The van der Waals surface area contributed by atoms with Gasteiger partial charge < -0.3 is 10.1 Å². The summed E-state index contributed by atoms with van der Waals surface area (Å²) in [6.07, 6.45) is 0.659. The molecule has 0 aliphatic carbocycles. The van der Waals surface area contributed by atoms with E-state index in [-0.39, 0.29) is 12.3 Å². The summed E-state index contributed by atoms with van der Waals surface area (Å²) in [5.41, 5.74) is 5.40. The molecule has 1 aromatic heterocycles. The number of aromatic nitrogens is 2. The van der Waals surface area contributed by atoms with Crippen molar-refractivity contribution in [2.24, 2.45) is 7.05 Å². The monoisotopic (exact) mass is 388 g/mol. The molecular formula is C23H24N4O2. The zero-order valence-corrected chi connectivity index (χ0v) is 16.9. The summed E-state index contributed by atoms with van der Waals surface area (Å²) in [6.45, 7) is 4.21. The zero-order valence-electron chi connectivity index (χ0n) is 16.9. The van der Waals surface area contributed by atoms with Crippen LogP contribution < -0.4 is 10.1 Å². The van der Waals surface area contributed by atoms with Crippen LogP contribution in [0.2, 0.25) is 0 Å². The Bertz CT molecular complexity index is 1050. The molecule has 0 bridgehead atoms. The first-order valence-corrected chi connectivity index (χ1v) is 9.43. The Balaban J connectivity index is 1.65. The van der Waals surface area contributed by atoms with Gasteiger partial charge in [-0.05, 0) is 37.6 Å². The van der Waals surface area contributed by atoms with Gasteiger partial charge in [-0.1, -0.05) is 30.3 Å². The van der Waals surface area contributed by atoms with Crippen molar-refractivity contribution in [2.75, 3.05) is 5.32 Å². The normalized spacial score (nSPS) is 10.4. The quantitative estimate of drug-likeness (QED) is 0.666. The number of nitrogens with zero attached hydrogens (tertiary/aromatic N) is 3. The molecular weight excluding hydrogens is 364 g/mol. The van der Waals surface area contributed by atoms with Gasteiger partial charge in [0, 0.05) is 29.6 Å². The minimum atomic E-state index is -0.0856. The zero-order chi connectivity index (χ0) is 20.8. The minimum Gasteiger partial charge on any atom is -0.489 e. The van der Waals surface area contributed by atoms with Crippen LogP contribution in [0.1, 0.15) is 28.1 Å². The lowest BCUT2D eigenvalue weighted by molar-refractivity contribution is -0.115. The number of para-hydroxylation sites is 1. The number of nitriles is 1. The van der Waals surface area contributed by atoms with Crippen molar-refractivity contribution in [2.45, 2.75) is 33.3 Å². The molecule has 148 valence electrons. The van der Waals surface area contributed by atoms with Gasteiger partial charge in [-0.25, -0.2) is 0 Å². The summed E-state index contributed by atoms with van der Waals surface area (Å²) in [5.74, 6) is 0.631. The highest BCUT2D eigenvalue weighted by molar-refractivity contribution is 5.93. The molecule has 29 heavy (non-hydrogen) atoms. The van der Waals surface area contributed by atoms with Crippen molar-refractivity contribution in [1.29, 1.82) is 5.26 Å². The van der Waals surface area contributed by atoms with E-state index in [1.165, 1.54) is 0 Å². The smallest absolute Gasteiger partial charge is 0.228 e. The van der Waals surface area contributed by atoms with Crippen LogP contribution in [0.25, 0.3) is 0 Å². The second kappa shape index (κ2) is 9.07. The summed E-state index contributed by atoms with van der Waals surface area (Å²) in [6, 6.07) is 17.2. The number of aryl methyl sites for hydroxylation is 2. The number of hydrogen-bond donors (Lipinski definition) is 1. The number of carbonyl (C=O) groups is 1. The molecule has 0 aliphatic heterocycles. The molecule has 0 aliphatic rings. The minimum absolute atomic E-state index is 0.0856. The number of nitrogens with one attached hydrogen (secondary N) is 1. The second-order valence-corrected chi connectivity index (χ2v) is 6.92. The standard InChI is InChI=1S/C23H24N4O2/c1-16-21(17(2)27(3)26-16)14-23(28)25-22-7-5-4-6-19(22)15-29-20-10-8-18(9-11-20)12-13-24/h4-11H,12,14-15H2,1-3H3,(H,25,28). The molecule has 0 unspecified atom stereocenters. The summed E-state index contributed by atoms with van der Waals surface area (Å²) >= 11 is 0. The Kier molecular flexibility index (Phi) is 6.30. The van der Waals surface area contributed by atoms with Crippen molar-refractivity contribution >= 4 is 11.6 Å². The number of amides is 1. The number of ether oxygens (including phenoxy) is 1. The summed E-state index contributed by atoms with van der Waals surface area (Å²) < 4.78 is 7.65. The van der Waals surface area contributed by atoms with Gasteiger partial charge >= 0.3 is 0 Å². The van der Waals surface area contributed by atoms with Gasteiger partial charge in [0.2, 0.25) is 5.91 Å². The van der Waals surface area contributed by atoms with E-state index in [1.807, 2.05) is 69.4 Å². The molecule has 6 heteroatoms. The van der Waals surface area contributed by atoms with Gasteiger partial charge in [-0.3, -0.25) is 9.48 Å². The Morgan fingerprint density at radius 1 is 1.17 bits per heavy atom. The highest BCUT2D eigenvalue weighted by atomic mass is 16.5. The molecule has 1 heterocycles. The predicted molar refractivity (Wildman–Crippen MR) is 112 cm³/mol. The largest absolute Gasteiger partial charge is 0.489 e. The van der Waals surface area contributed by atoms with E-state index in [2.05, 4.69) is 16.5 Å².